The van der Waals surface area contributed by atoms with Gasteiger partial charge in [0.2, 0.25) is 15.9 Å². The number of amides is 1. The Labute approximate surface area is 142 Å². The van der Waals surface area contributed by atoms with Crippen LogP contribution in [0.3, 0.4) is 0 Å². The third kappa shape index (κ3) is 3.49. The Kier molecular flexibility index (Phi) is 4.43. The van der Waals surface area contributed by atoms with Crippen molar-refractivity contribution in [2.75, 3.05) is 11.6 Å². The fourth-order valence-corrected chi connectivity index (χ4v) is 3.94. The molecule has 1 heterocycles. The summed E-state index contributed by atoms with van der Waals surface area (Å²) in [5.41, 5.74) is 3.72. The Balaban J connectivity index is 1.88. The molecule has 2 aromatic carbocycles. The summed E-state index contributed by atoms with van der Waals surface area (Å²) in [4.78, 5) is 12.7. The van der Waals surface area contributed by atoms with Gasteiger partial charge in [-0.3, -0.25) is 4.79 Å². The van der Waals surface area contributed by atoms with E-state index < -0.39 is 16.1 Å². The molecule has 0 saturated carbocycles. The number of fused-ring (bicyclic) bond motifs is 1. The molecule has 0 aliphatic carbocycles. The molecule has 0 fully saturated rings. The van der Waals surface area contributed by atoms with Crippen LogP contribution < -0.4 is 5.32 Å². The highest BCUT2D eigenvalue weighted by Gasteiger charge is 2.36. The molecule has 1 N–H and O–H groups in total. The van der Waals surface area contributed by atoms with Crippen LogP contribution >= 0.6 is 0 Å². The van der Waals surface area contributed by atoms with Crippen molar-refractivity contribution in [1.82, 2.24) is 4.31 Å². The lowest BCUT2D eigenvalue weighted by atomic mass is 9.95. The molecule has 0 unspecified atom stereocenters. The van der Waals surface area contributed by atoms with Crippen molar-refractivity contribution in [3.05, 3.63) is 65.2 Å². The van der Waals surface area contributed by atoms with Gasteiger partial charge >= 0.3 is 0 Å². The van der Waals surface area contributed by atoms with Crippen molar-refractivity contribution in [3.63, 3.8) is 0 Å². The highest BCUT2D eigenvalue weighted by Crippen LogP contribution is 2.26. The van der Waals surface area contributed by atoms with Gasteiger partial charge in [0, 0.05) is 12.2 Å². The lowest BCUT2D eigenvalue weighted by Crippen LogP contribution is -2.50. The zero-order valence-corrected chi connectivity index (χ0v) is 14.5. The van der Waals surface area contributed by atoms with E-state index in [0.29, 0.717) is 12.1 Å². The van der Waals surface area contributed by atoms with Crippen molar-refractivity contribution in [2.24, 2.45) is 0 Å². The first kappa shape index (κ1) is 16.7. The molecule has 0 aromatic heterocycles. The summed E-state index contributed by atoms with van der Waals surface area (Å²) in [6.07, 6.45) is 1.52. The molecule has 1 amide bonds. The number of carbonyl (C=O) groups is 1. The van der Waals surface area contributed by atoms with Crippen LogP contribution in [0.4, 0.5) is 5.69 Å². The number of rotatable bonds is 3. The predicted octanol–water partition coefficient (Wildman–Crippen LogP) is 2.32. The van der Waals surface area contributed by atoms with Crippen LogP contribution in [-0.4, -0.2) is 30.9 Å². The van der Waals surface area contributed by atoms with E-state index in [1.165, 1.54) is 4.31 Å². The molecule has 24 heavy (non-hydrogen) atoms. The molecule has 0 saturated heterocycles. The van der Waals surface area contributed by atoms with Crippen molar-refractivity contribution in [1.29, 1.82) is 0 Å². The van der Waals surface area contributed by atoms with Gasteiger partial charge in [0.1, 0.15) is 6.04 Å². The van der Waals surface area contributed by atoms with Crippen LogP contribution in [0, 0.1) is 6.92 Å². The summed E-state index contributed by atoms with van der Waals surface area (Å²) >= 11 is 0. The number of sulfonamides is 1. The van der Waals surface area contributed by atoms with Gasteiger partial charge < -0.3 is 5.32 Å². The quantitative estimate of drug-likeness (QED) is 0.929. The van der Waals surface area contributed by atoms with E-state index in [4.69, 9.17) is 0 Å². The van der Waals surface area contributed by atoms with Crippen molar-refractivity contribution in [2.45, 2.75) is 25.9 Å². The second-order valence-corrected chi connectivity index (χ2v) is 8.09. The van der Waals surface area contributed by atoms with E-state index in [2.05, 4.69) is 5.32 Å². The van der Waals surface area contributed by atoms with Crippen molar-refractivity contribution < 1.29 is 13.2 Å². The van der Waals surface area contributed by atoms with Crippen LogP contribution in [0.2, 0.25) is 0 Å². The largest absolute Gasteiger partial charge is 0.325 e. The monoisotopic (exact) mass is 344 g/mol. The van der Waals surface area contributed by atoms with Gasteiger partial charge in [-0.25, -0.2) is 8.42 Å². The maximum Gasteiger partial charge on any atom is 0.243 e. The van der Waals surface area contributed by atoms with Crippen molar-refractivity contribution >= 4 is 21.6 Å². The average Bonchev–Trinajstić information content (AvgIpc) is 2.55. The second kappa shape index (κ2) is 6.37. The number of hydrogen-bond acceptors (Lipinski definition) is 3. The summed E-state index contributed by atoms with van der Waals surface area (Å²) in [6, 6.07) is 14.3. The van der Waals surface area contributed by atoms with Gasteiger partial charge in [-0.15, -0.1) is 0 Å². The second-order valence-electron chi connectivity index (χ2n) is 6.15. The van der Waals surface area contributed by atoms with E-state index in [9.17, 15) is 13.2 Å². The third-order valence-electron chi connectivity index (χ3n) is 4.25. The Morgan fingerprint density at radius 2 is 1.71 bits per heavy atom. The average molecular weight is 344 g/mol. The first-order chi connectivity index (χ1) is 11.3. The predicted molar refractivity (Wildman–Crippen MR) is 94.1 cm³/mol. The van der Waals surface area contributed by atoms with Gasteiger partial charge in [0.25, 0.3) is 0 Å². The van der Waals surface area contributed by atoms with E-state index in [1.807, 2.05) is 55.5 Å². The summed E-state index contributed by atoms with van der Waals surface area (Å²) in [5.74, 6) is -0.307. The molecule has 2 aromatic rings. The van der Waals surface area contributed by atoms with E-state index in [-0.39, 0.29) is 12.5 Å². The van der Waals surface area contributed by atoms with Gasteiger partial charge in [-0.2, -0.15) is 4.31 Å². The maximum atomic E-state index is 12.7. The smallest absolute Gasteiger partial charge is 0.243 e. The molecule has 1 atom stereocenters. The van der Waals surface area contributed by atoms with Crippen LogP contribution in [-0.2, 0) is 27.8 Å². The number of aryl methyl sites for hydroxylation is 1. The minimum absolute atomic E-state index is 0.223. The van der Waals surface area contributed by atoms with Crippen LogP contribution in [0.25, 0.3) is 0 Å². The zero-order valence-electron chi connectivity index (χ0n) is 13.7. The Morgan fingerprint density at radius 1 is 1.08 bits per heavy atom. The molecule has 0 spiro atoms. The Morgan fingerprint density at radius 3 is 2.33 bits per heavy atom. The van der Waals surface area contributed by atoms with Gasteiger partial charge in [0.05, 0.1) is 6.26 Å². The topological polar surface area (TPSA) is 66.5 Å². The molecule has 6 heteroatoms. The molecule has 1 aliphatic heterocycles. The molecular weight excluding hydrogens is 324 g/mol. The lowest BCUT2D eigenvalue weighted by molar-refractivity contribution is -0.120. The summed E-state index contributed by atoms with van der Waals surface area (Å²) in [7, 11) is -3.49. The normalized spacial score (nSPS) is 18.0. The highest BCUT2D eigenvalue weighted by molar-refractivity contribution is 7.88. The molecule has 1 aliphatic rings. The first-order valence-electron chi connectivity index (χ1n) is 7.76. The number of hydrogen-bond donors (Lipinski definition) is 1. The molecule has 5 nitrogen and oxygen atoms in total. The fourth-order valence-electron chi connectivity index (χ4n) is 2.93. The zero-order chi connectivity index (χ0) is 17.3. The van der Waals surface area contributed by atoms with Crippen molar-refractivity contribution in [3.8, 4) is 0 Å². The number of nitrogens with one attached hydrogen (secondary N) is 1. The SMILES string of the molecule is Cc1ccc(NC(=O)[C@@H]2Cc3ccccc3CN2S(C)(=O)=O)cc1. The maximum absolute atomic E-state index is 12.7. The molecule has 3 rings (SSSR count). The Bertz CT molecular complexity index is 860. The minimum atomic E-state index is -3.49. The molecule has 0 bridgehead atoms. The fraction of sp³-hybridized carbons (Fsp3) is 0.278. The number of anilines is 1. The van der Waals surface area contributed by atoms with E-state index in [0.717, 1.165) is 22.9 Å². The Hall–Kier alpha value is -2.18. The molecular formula is C18H20N2O3S. The summed E-state index contributed by atoms with van der Waals surface area (Å²) < 4.78 is 25.6. The first-order valence-corrected chi connectivity index (χ1v) is 9.60. The number of benzene rings is 2. The molecule has 126 valence electrons. The summed E-state index contributed by atoms with van der Waals surface area (Å²) in [6.45, 7) is 2.19. The van der Waals surface area contributed by atoms with Crippen LogP contribution in [0.1, 0.15) is 16.7 Å². The lowest BCUT2D eigenvalue weighted by Gasteiger charge is -2.34. The summed E-state index contributed by atoms with van der Waals surface area (Å²) in [5, 5.41) is 2.83. The van der Waals surface area contributed by atoms with Gasteiger partial charge in [-0.1, -0.05) is 42.0 Å². The van der Waals surface area contributed by atoms with Gasteiger partial charge in [-0.05, 0) is 36.6 Å². The minimum Gasteiger partial charge on any atom is -0.325 e. The van der Waals surface area contributed by atoms with Gasteiger partial charge in [0.15, 0.2) is 0 Å². The highest BCUT2D eigenvalue weighted by atomic mass is 32.2. The molecule has 0 radical (unpaired) electrons. The standard InChI is InChI=1S/C18H20N2O3S/c1-13-7-9-16(10-8-13)19-18(21)17-11-14-5-3-4-6-15(14)12-20(17)24(2,22)23/h3-10,17H,11-12H2,1-2H3,(H,19,21)/t17-/m0/s1. The van der Waals surface area contributed by atoms with Crippen LogP contribution in [0.5, 0.6) is 0 Å². The van der Waals surface area contributed by atoms with E-state index >= 15 is 0 Å². The van der Waals surface area contributed by atoms with Crippen LogP contribution in [0.15, 0.2) is 48.5 Å². The third-order valence-corrected chi connectivity index (χ3v) is 5.49. The number of carbonyl (C=O) groups excluding carboxylic acids is 1. The van der Waals surface area contributed by atoms with E-state index in [1.54, 1.807) is 0 Å². The number of nitrogens with zero attached hydrogens (tertiary/aromatic N) is 1.